The molecule has 2 amide bonds. The van der Waals surface area contributed by atoms with Crippen molar-refractivity contribution in [3.05, 3.63) is 35.9 Å². The number of carbonyl (C=O) groups is 3. The number of rotatable bonds is 14. The normalized spacial score (nSPS) is 13.7. The minimum atomic E-state index is -1.75. The van der Waals surface area contributed by atoms with Crippen LogP contribution in [0.4, 0.5) is 0 Å². The van der Waals surface area contributed by atoms with Gasteiger partial charge >= 0.3 is 13.1 Å². The van der Waals surface area contributed by atoms with Gasteiger partial charge in [0.2, 0.25) is 11.8 Å². The fourth-order valence-electron chi connectivity index (χ4n) is 2.89. The lowest BCUT2D eigenvalue weighted by molar-refractivity contribution is -0.144. The van der Waals surface area contributed by atoms with Gasteiger partial charge < -0.3 is 31.5 Å². The Bertz CT molecular complexity index is 679. The van der Waals surface area contributed by atoms with E-state index in [9.17, 15) is 29.5 Å². The summed E-state index contributed by atoms with van der Waals surface area (Å²) in [5, 5.41) is 33.6. The fourth-order valence-corrected chi connectivity index (χ4v) is 3.38. The highest BCUT2D eigenvalue weighted by molar-refractivity contribution is 7.98. The Morgan fingerprint density at radius 2 is 1.73 bits per heavy atom. The Morgan fingerprint density at radius 3 is 2.27 bits per heavy atom. The zero-order valence-corrected chi connectivity index (χ0v) is 17.8. The molecule has 3 atom stereocenters. The zero-order chi connectivity index (χ0) is 22.5. The molecule has 0 bridgehead atoms. The van der Waals surface area contributed by atoms with Crippen LogP contribution in [0.3, 0.4) is 0 Å². The van der Waals surface area contributed by atoms with E-state index in [0.29, 0.717) is 37.1 Å². The summed E-state index contributed by atoms with van der Waals surface area (Å²) in [4.78, 5) is 37.2. The maximum absolute atomic E-state index is 12.7. The molecule has 11 heteroatoms. The van der Waals surface area contributed by atoms with Gasteiger partial charge in [-0.2, -0.15) is 11.8 Å². The van der Waals surface area contributed by atoms with Gasteiger partial charge in [0.1, 0.15) is 6.04 Å². The first-order valence-electron chi connectivity index (χ1n) is 9.75. The molecule has 0 spiro atoms. The number of benzene rings is 1. The third-order valence-electron chi connectivity index (χ3n) is 4.54. The van der Waals surface area contributed by atoms with Gasteiger partial charge in [0, 0.05) is 0 Å². The second kappa shape index (κ2) is 14.0. The van der Waals surface area contributed by atoms with Gasteiger partial charge in [-0.25, -0.2) is 0 Å². The van der Waals surface area contributed by atoms with Crippen molar-refractivity contribution in [2.24, 2.45) is 5.73 Å². The molecule has 0 aliphatic carbocycles. The molecule has 0 radical (unpaired) electrons. The Kier molecular flexibility index (Phi) is 12.1. The van der Waals surface area contributed by atoms with Crippen LogP contribution in [-0.4, -0.2) is 70.6 Å². The average molecular weight is 439 g/mol. The maximum atomic E-state index is 12.7. The molecule has 0 aliphatic heterocycles. The van der Waals surface area contributed by atoms with Crippen LogP contribution in [0, 0.1) is 0 Å². The van der Waals surface area contributed by atoms with Crippen LogP contribution >= 0.6 is 11.8 Å². The second-order valence-corrected chi connectivity index (χ2v) is 7.82. The predicted molar refractivity (Wildman–Crippen MR) is 117 cm³/mol. The van der Waals surface area contributed by atoms with Crippen molar-refractivity contribution in [2.75, 3.05) is 18.6 Å². The number of aliphatic carboxylic acids is 1. The van der Waals surface area contributed by atoms with E-state index in [4.69, 9.17) is 5.73 Å². The molecule has 0 fully saturated rings. The lowest BCUT2D eigenvalue weighted by atomic mass is 9.77. The smallest absolute Gasteiger partial charge is 0.475 e. The number of carbonyl (C=O) groups excluding carboxylic acids is 2. The summed E-state index contributed by atoms with van der Waals surface area (Å²) < 4.78 is 0. The first kappa shape index (κ1) is 26.0. The van der Waals surface area contributed by atoms with E-state index in [1.165, 1.54) is 23.9 Å². The van der Waals surface area contributed by atoms with Crippen LogP contribution < -0.4 is 16.4 Å². The first-order valence-corrected chi connectivity index (χ1v) is 11.1. The molecule has 0 heterocycles. The number of hydrogen-bond donors (Lipinski definition) is 6. The van der Waals surface area contributed by atoms with E-state index in [-0.39, 0.29) is 6.42 Å². The van der Waals surface area contributed by atoms with Crippen LogP contribution in [-0.2, 0) is 14.4 Å². The number of carboxylic acid groups (broad SMARTS) is 1. The third kappa shape index (κ3) is 8.74. The van der Waals surface area contributed by atoms with Crippen molar-refractivity contribution >= 4 is 36.7 Å². The lowest BCUT2D eigenvalue weighted by Crippen LogP contribution is -2.55. The van der Waals surface area contributed by atoms with E-state index in [1.807, 2.05) is 6.26 Å². The topological polar surface area (TPSA) is 162 Å². The minimum Gasteiger partial charge on any atom is -0.480 e. The quantitative estimate of drug-likeness (QED) is 0.131. The standard InChI is InChI=1S/C19H30BN3O6S/c1-30-12-10-15(20(28)29)23-17(24)14(9-5-6-11-21)22-18(25)16(19(26)27)13-7-3-2-4-8-13/h2-4,7-8,14-16,28-29H,5-6,9-12,21H2,1H3,(H,22,25)(H,23,24)(H,26,27)/t14-,15-,16+/m0/s1. The van der Waals surface area contributed by atoms with Gasteiger partial charge in [-0.15, -0.1) is 0 Å². The van der Waals surface area contributed by atoms with Crippen molar-refractivity contribution in [3.8, 4) is 0 Å². The lowest BCUT2D eigenvalue weighted by Gasteiger charge is -2.24. The highest BCUT2D eigenvalue weighted by atomic mass is 32.2. The minimum absolute atomic E-state index is 0.243. The summed E-state index contributed by atoms with van der Waals surface area (Å²) in [5.41, 5.74) is 5.80. The fraction of sp³-hybridized carbons (Fsp3) is 0.526. The van der Waals surface area contributed by atoms with E-state index in [2.05, 4.69) is 10.6 Å². The van der Waals surface area contributed by atoms with E-state index in [0.717, 1.165) is 0 Å². The molecule has 1 aromatic rings. The average Bonchev–Trinajstić information content (AvgIpc) is 2.70. The van der Waals surface area contributed by atoms with Gasteiger partial charge in [0.05, 0.1) is 5.94 Å². The molecule has 9 nitrogen and oxygen atoms in total. The van der Waals surface area contributed by atoms with E-state index >= 15 is 0 Å². The molecular weight excluding hydrogens is 409 g/mol. The summed E-state index contributed by atoms with van der Waals surface area (Å²) in [6.45, 7) is 0.412. The van der Waals surface area contributed by atoms with Gasteiger partial charge in [-0.05, 0) is 49.8 Å². The number of nitrogens with one attached hydrogen (secondary N) is 2. The van der Waals surface area contributed by atoms with Crippen LogP contribution in [0.5, 0.6) is 0 Å². The molecule has 1 aromatic carbocycles. The van der Waals surface area contributed by atoms with Crippen LogP contribution in [0.2, 0.25) is 0 Å². The molecule has 1 rings (SSSR count). The van der Waals surface area contributed by atoms with Crippen molar-refractivity contribution in [3.63, 3.8) is 0 Å². The van der Waals surface area contributed by atoms with Crippen LogP contribution in [0.1, 0.15) is 37.2 Å². The highest BCUT2D eigenvalue weighted by Gasteiger charge is 2.33. The number of thioether (sulfide) groups is 1. The predicted octanol–water partition coefficient (Wildman–Crippen LogP) is -0.281. The Morgan fingerprint density at radius 1 is 1.07 bits per heavy atom. The number of hydrogen-bond acceptors (Lipinski definition) is 7. The summed E-state index contributed by atoms with van der Waals surface area (Å²) in [6, 6.07) is 7.00. The Hall–Kier alpha value is -2.08. The molecular formula is C19H30BN3O6S. The second-order valence-electron chi connectivity index (χ2n) is 6.84. The van der Waals surface area contributed by atoms with E-state index < -0.39 is 42.8 Å². The Labute approximate surface area is 180 Å². The van der Waals surface area contributed by atoms with Crippen molar-refractivity contribution in [1.29, 1.82) is 0 Å². The van der Waals surface area contributed by atoms with Gasteiger partial charge in [-0.1, -0.05) is 30.3 Å². The number of unbranched alkanes of at least 4 members (excludes halogenated alkanes) is 1. The number of carboxylic acids is 1. The number of nitrogens with two attached hydrogens (primary N) is 1. The maximum Gasteiger partial charge on any atom is 0.475 e. The highest BCUT2D eigenvalue weighted by Crippen LogP contribution is 2.17. The van der Waals surface area contributed by atoms with E-state index in [1.54, 1.807) is 18.2 Å². The van der Waals surface area contributed by atoms with Gasteiger partial charge in [0.15, 0.2) is 5.92 Å². The van der Waals surface area contributed by atoms with Crippen molar-refractivity contribution in [2.45, 2.75) is 43.6 Å². The molecule has 166 valence electrons. The Balaban J connectivity index is 2.95. The molecule has 0 saturated carbocycles. The van der Waals surface area contributed by atoms with Crippen molar-refractivity contribution < 1.29 is 29.5 Å². The first-order chi connectivity index (χ1) is 14.3. The summed E-state index contributed by atoms with van der Waals surface area (Å²) in [5.74, 6) is -4.51. The molecule has 0 saturated heterocycles. The molecule has 7 N–H and O–H groups in total. The molecule has 0 aromatic heterocycles. The SMILES string of the molecule is CSCC[C@H](NC(=O)[C@H](CCCCN)NC(=O)[C@H](C(=O)O)c1ccccc1)B(O)O. The molecule has 30 heavy (non-hydrogen) atoms. The summed E-state index contributed by atoms with van der Waals surface area (Å²) in [7, 11) is -1.75. The summed E-state index contributed by atoms with van der Waals surface area (Å²) >= 11 is 1.49. The van der Waals surface area contributed by atoms with Gasteiger partial charge in [0.25, 0.3) is 0 Å². The molecule has 0 aliphatic rings. The van der Waals surface area contributed by atoms with Crippen molar-refractivity contribution in [1.82, 2.24) is 10.6 Å². The number of amides is 2. The third-order valence-corrected chi connectivity index (χ3v) is 5.19. The largest absolute Gasteiger partial charge is 0.480 e. The molecule has 0 unspecified atom stereocenters. The van der Waals surface area contributed by atoms with Crippen LogP contribution in [0.15, 0.2) is 30.3 Å². The van der Waals surface area contributed by atoms with Gasteiger partial charge in [-0.3, -0.25) is 14.4 Å². The zero-order valence-electron chi connectivity index (χ0n) is 17.0. The monoisotopic (exact) mass is 439 g/mol. The van der Waals surface area contributed by atoms with Crippen LogP contribution in [0.25, 0.3) is 0 Å². The summed E-state index contributed by atoms with van der Waals surface area (Å²) in [6.07, 6.45) is 3.59.